The van der Waals surface area contributed by atoms with E-state index >= 15 is 0 Å². The predicted octanol–water partition coefficient (Wildman–Crippen LogP) is 4.45. The fourth-order valence-corrected chi connectivity index (χ4v) is 9.50. The highest BCUT2D eigenvalue weighted by atomic mass is 32.2. The van der Waals surface area contributed by atoms with Crippen LogP contribution in [0.2, 0.25) is 0 Å². The van der Waals surface area contributed by atoms with Crippen molar-refractivity contribution in [2.24, 2.45) is 0 Å². The molecule has 0 spiro atoms. The molecule has 4 rings (SSSR count). The Labute approximate surface area is 322 Å². The number of nitrogens with zero attached hydrogens (tertiary/aromatic N) is 2. The molecule has 0 amide bonds. The SMILES string of the molecule is COS(=O)(=O)c1ccc2c(c1)C(C)(C)C(C=CC=C1N(CCCS(=O)(=O)O)c3ccc(S(=O)(=O)O)cc3C1(C)CCCCCC(=O)O)=[N+]2CCCS(=O)(=O)O. The average molecular weight is 848 g/mol. The number of hydrogen-bond acceptors (Lipinski definition) is 11. The molecule has 55 heavy (non-hydrogen) atoms. The van der Waals surface area contributed by atoms with Gasteiger partial charge in [-0.25, -0.2) is 0 Å². The summed E-state index contributed by atoms with van der Waals surface area (Å²) in [5, 5.41) is 9.13. The molecule has 2 aromatic rings. The van der Waals surface area contributed by atoms with E-state index in [9.17, 15) is 52.1 Å². The summed E-state index contributed by atoms with van der Waals surface area (Å²) in [5.41, 5.74) is 1.72. The third kappa shape index (κ3) is 10.5. The van der Waals surface area contributed by atoms with Crippen LogP contribution >= 0.6 is 0 Å². The minimum atomic E-state index is -4.63. The summed E-state index contributed by atoms with van der Waals surface area (Å²) in [5.74, 6) is -2.02. The molecular weight excluding hydrogens is 801 g/mol. The summed E-state index contributed by atoms with van der Waals surface area (Å²) < 4.78 is 132. The fraction of sp³-hybridized carbons (Fsp3) is 0.486. The lowest BCUT2D eigenvalue weighted by Crippen LogP contribution is -2.30. The van der Waals surface area contributed by atoms with Crippen molar-refractivity contribution in [1.82, 2.24) is 0 Å². The second kappa shape index (κ2) is 16.5. The van der Waals surface area contributed by atoms with Gasteiger partial charge < -0.3 is 10.0 Å². The summed E-state index contributed by atoms with van der Waals surface area (Å²) in [6.07, 6.45) is 7.07. The molecule has 20 heteroatoms. The number of anilines is 1. The van der Waals surface area contributed by atoms with Crippen molar-refractivity contribution in [3.63, 3.8) is 0 Å². The summed E-state index contributed by atoms with van der Waals surface area (Å²) in [4.78, 5) is 12.5. The predicted molar refractivity (Wildman–Crippen MR) is 204 cm³/mol. The number of unbranched alkanes of at least 4 members (excludes halogenated alkanes) is 2. The maximum Gasteiger partial charge on any atom is 0.303 e. The standard InChI is InChI=1S/C35H46N2O14S4/c1-34(2)27-24-26(55(49,50)51-4)15-17-29(27)36(19-9-21-52(40,41)42)31(34)11-8-12-32-35(3,18-7-5-6-13-33(38)39)28-23-25(54(46,47)48)14-16-30(28)37(32)20-10-22-53(43,44)45/h8,11-12,14-17,23-24H,5-7,9-10,13,18-22H2,1-4H3,(H3-,38,39,40,41,42,43,44,45,46,47,48)/p+1. The first-order valence-electron chi connectivity index (χ1n) is 17.3. The van der Waals surface area contributed by atoms with Crippen molar-refractivity contribution in [1.29, 1.82) is 0 Å². The van der Waals surface area contributed by atoms with Crippen molar-refractivity contribution in [2.45, 2.75) is 86.3 Å². The fourth-order valence-electron chi connectivity index (χ4n) is 7.32. The van der Waals surface area contributed by atoms with Gasteiger partial charge in [0, 0.05) is 53.9 Å². The smallest absolute Gasteiger partial charge is 0.303 e. The summed E-state index contributed by atoms with van der Waals surface area (Å²) in [7, 11) is -16.3. The van der Waals surface area contributed by atoms with Crippen LogP contribution < -0.4 is 4.90 Å². The maximum absolute atomic E-state index is 12.6. The van der Waals surface area contributed by atoms with Crippen LogP contribution in [0.1, 0.15) is 76.8 Å². The van der Waals surface area contributed by atoms with Gasteiger partial charge in [-0.15, -0.1) is 0 Å². The van der Waals surface area contributed by atoms with E-state index in [0.29, 0.717) is 59.6 Å². The Kier molecular flexibility index (Phi) is 13.3. The number of carboxylic acid groups (broad SMARTS) is 1. The van der Waals surface area contributed by atoms with Crippen LogP contribution in [0.5, 0.6) is 0 Å². The largest absolute Gasteiger partial charge is 0.481 e. The molecule has 1 unspecified atom stereocenters. The highest BCUT2D eigenvalue weighted by Crippen LogP contribution is 2.51. The zero-order chi connectivity index (χ0) is 41.2. The lowest BCUT2D eigenvalue weighted by Gasteiger charge is -2.30. The average Bonchev–Trinajstić information content (AvgIpc) is 3.42. The Morgan fingerprint density at radius 3 is 2.04 bits per heavy atom. The quantitative estimate of drug-likeness (QED) is 0.0660. The van der Waals surface area contributed by atoms with Gasteiger partial charge in [-0.05, 0) is 82.0 Å². The van der Waals surface area contributed by atoms with Crippen LogP contribution in [0.3, 0.4) is 0 Å². The van der Waals surface area contributed by atoms with E-state index in [-0.39, 0.29) is 42.1 Å². The summed E-state index contributed by atoms with van der Waals surface area (Å²) >= 11 is 0. The molecular formula is C35H47N2O14S4+. The van der Waals surface area contributed by atoms with Crippen LogP contribution in [0.4, 0.5) is 11.4 Å². The van der Waals surface area contributed by atoms with Crippen molar-refractivity contribution >= 4 is 63.5 Å². The van der Waals surface area contributed by atoms with E-state index in [2.05, 4.69) is 0 Å². The third-order valence-electron chi connectivity index (χ3n) is 10.0. The molecule has 2 aliphatic heterocycles. The van der Waals surface area contributed by atoms with Crippen LogP contribution in [0, 0.1) is 0 Å². The minimum absolute atomic E-state index is 0.0119. The van der Waals surface area contributed by atoms with E-state index in [4.69, 9.17) is 9.29 Å². The lowest BCUT2D eigenvalue weighted by molar-refractivity contribution is -0.437. The van der Waals surface area contributed by atoms with E-state index in [1.807, 2.05) is 25.3 Å². The Morgan fingerprint density at radius 2 is 1.44 bits per heavy atom. The first-order valence-corrected chi connectivity index (χ1v) is 23.4. The molecule has 2 heterocycles. The van der Waals surface area contributed by atoms with Gasteiger partial charge in [0.05, 0.1) is 33.8 Å². The molecule has 2 aromatic carbocycles. The monoisotopic (exact) mass is 847 g/mol. The zero-order valence-corrected chi connectivity index (χ0v) is 34.1. The molecule has 1 atom stereocenters. The van der Waals surface area contributed by atoms with Crippen LogP contribution in [0.25, 0.3) is 0 Å². The molecule has 0 saturated heterocycles. The molecule has 4 N–H and O–H groups in total. The molecule has 0 aromatic heterocycles. The highest BCUT2D eigenvalue weighted by molar-refractivity contribution is 7.87. The number of carboxylic acids is 1. The lowest BCUT2D eigenvalue weighted by atomic mass is 9.77. The number of fused-ring (bicyclic) bond motifs is 2. The number of benzene rings is 2. The van der Waals surface area contributed by atoms with Crippen molar-refractivity contribution in [2.75, 3.05) is 36.6 Å². The first-order chi connectivity index (χ1) is 25.3. The molecule has 2 aliphatic rings. The van der Waals surface area contributed by atoms with E-state index in [0.717, 1.165) is 7.11 Å². The Morgan fingerprint density at radius 1 is 0.818 bits per heavy atom. The molecule has 0 aliphatic carbocycles. The van der Waals surface area contributed by atoms with E-state index in [1.54, 1.807) is 29.2 Å². The molecule has 0 bridgehead atoms. The van der Waals surface area contributed by atoms with Crippen molar-refractivity contribution in [3.8, 4) is 0 Å². The van der Waals surface area contributed by atoms with Crippen LogP contribution in [-0.4, -0.2) is 100 Å². The first kappa shape index (κ1) is 44.2. The molecule has 0 fully saturated rings. The maximum atomic E-state index is 12.6. The van der Waals surface area contributed by atoms with Gasteiger partial charge >= 0.3 is 5.97 Å². The van der Waals surface area contributed by atoms with E-state index < -0.39 is 68.8 Å². The van der Waals surface area contributed by atoms with Gasteiger partial charge in [-0.3, -0.25) is 22.6 Å². The van der Waals surface area contributed by atoms with Crippen molar-refractivity contribution < 1.29 is 66.0 Å². The van der Waals surface area contributed by atoms with Gasteiger partial charge in [0.2, 0.25) is 5.69 Å². The van der Waals surface area contributed by atoms with Gasteiger partial charge in [0.15, 0.2) is 5.71 Å². The highest BCUT2D eigenvalue weighted by Gasteiger charge is 2.46. The Hall–Kier alpha value is -3.50. The van der Waals surface area contributed by atoms with Crippen molar-refractivity contribution in [3.05, 3.63) is 71.5 Å². The normalized spacial score (nSPS) is 19.4. The topological polar surface area (TPSA) is 250 Å². The second-order valence-electron chi connectivity index (χ2n) is 14.2. The van der Waals surface area contributed by atoms with Gasteiger partial charge in [0.1, 0.15) is 6.54 Å². The zero-order valence-electron chi connectivity index (χ0n) is 30.9. The molecule has 16 nitrogen and oxygen atoms in total. The number of hydrogen-bond donors (Lipinski definition) is 4. The van der Waals surface area contributed by atoms with E-state index in [1.165, 1.54) is 30.3 Å². The number of aliphatic carboxylic acids is 1. The summed E-state index contributed by atoms with van der Waals surface area (Å²) in [6.45, 7) is 5.79. The Balaban J connectivity index is 1.88. The molecule has 304 valence electrons. The Bertz CT molecular complexity index is 2370. The number of allylic oxidation sites excluding steroid dienone is 4. The van der Waals surface area contributed by atoms with Crippen LogP contribution in [0.15, 0.2) is 70.1 Å². The number of carbonyl (C=O) groups is 1. The second-order valence-corrected chi connectivity index (χ2v) is 20.5. The van der Waals surface area contributed by atoms with Gasteiger partial charge in [-0.1, -0.05) is 18.9 Å². The molecule has 0 saturated carbocycles. The third-order valence-corrected chi connectivity index (χ3v) is 13.8. The minimum Gasteiger partial charge on any atom is -0.481 e. The van der Waals surface area contributed by atoms with Gasteiger partial charge in [0.25, 0.3) is 40.5 Å². The van der Waals surface area contributed by atoms with Crippen LogP contribution in [-0.2, 0) is 60.3 Å². The molecule has 0 radical (unpaired) electrons. The van der Waals surface area contributed by atoms with Gasteiger partial charge in [-0.2, -0.15) is 38.2 Å². The number of rotatable bonds is 19. The summed E-state index contributed by atoms with van der Waals surface area (Å²) in [6, 6.07) is 8.55.